The molecule has 19 heteroatoms. The van der Waals surface area contributed by atoms with Gasteiger partial charge in [-0.05, 0) is 48.7 Å². The van der Waals surface area contributed by atoms with Crippen molar-refractivity contribution in [3.63, 3.8) is 0 Å². The van der Waals surface area contributed by atoms with Crippen molar-refractivity contribution in [3.8, 4) is 5.75 Å². The Hall–Kier alpha value is -2.84. The van der Waals surface area contributed by atoms with Gasteiger partial charge in [-0.15, -0.1) is 10.2 Å². The average Bonchev–Trinajstić information content (AvgIpc) is 2.87. The van der Waals surface area contributed by atoms with Gasteiger partial charge in [0.25, 0.3) is 25.9 Å². The first-order valence-electron chi connectivity index (χ1n) is 10.9. The molecule has 0 aliphatic rings. The van der Waals surface area contributed by atoms with Crippen LogP contribution in [0, 0.1) is 17.0 Å². The summed E-state index contributed by atoms with van der Waals surface area (Å²) >= 11 is 0. The first-order chi connectivity index (χ1) is 18.7. The van der Waals surface area contributed by atoms with E-state index in [1.54, 1.807) is 24.3 Å². The summed E-state index contributed by atoms with van der Waals surface area (Å²) in [5.74, 6) is -0.929. The zero-order valence-corrected chi connectivity index (χ0v) is 27.8. The van der Waals surface area contributed by atoms with Gasteiger partial charge >= 0.3 is 0 Å². The third-order valence-electron chi connectivity index (χ3n) is 5.50. The van der Waals surface area contributed by atoms with Crippen LogP contribution in [0.3, 0.4) is 0 Å². The molecule has 0 heterocycles. The number of nitrogens with zero attached hydrogens (tertiary/aromatic N) is 5. The average molecular weight is 633 g/mol. The van der Waals surface area contributed by atoms with Crippen LogP contribution in [0.15, 0.2) is 90.9 Å². The Labute approximate surface area is 282 Å². The van der Waals surface area contributed by atoms with Gasteiger partial charge in [-0.25, -0.2) is 0 Å². The van der Waals surface area contributed by atoms with E-state index in [0.717, 1.165) is 29.8 Å². The van der Waals surface area contributed by atoms with Crippen LogP contribution < -0.4 is 5.73 Å². The Morgan fingerprint density at radius 3 is 1.64 bits per heavy atom. The number of azo groups is 2. The molecular formula is C23H18N6Na2O9S2. The maximum atomic E-state index is 12.2. The number of phenolic OH excluding ortho intramolecular Hbond substituents is 1. The first-order valence-corrected chi connectivity index (χ1v) is 13.8. The van der Waals surface area contributed by atoms with Crippen molar-refractivity contribution >= 4 is 124 Å². The second-order valence-electron chi connectivity index (χ2n) is 8.27. The molecule has 4 aromatic carbocycles. The Morgan fingerprint density at radius 1 is 0.762 bits per heavy atom. The van der Waals surface area contributed by atoms with Crippen molar-refractivity contribution in [3.05, 3.63) is 76.3 Å². The van der Waals surface area contributed by atoms with Crippen molar-refractivity contribution in [1.29, 1.82) is 0 Å². The number of hydrogen-bond acceptors (Lipinski definition) is 12. The van der Waals surface area contributed by atoms with Gasteiger partial charge in [0.05, 0.1) is 27.4 Å². The van der Waals surface area contributed by atoms with Crippen LogP contribution in [-0.4, -0.2) is 95.1 Å². The van der Waals surface area contributed by atoms with Crippen LogP contribution in [0.4, 0.5) is 34.1 Å². The van der Waals surface area contributed by atoms with Crippen molar-refractivity contribution in [2.24, 2.45) is 20.5 Å². The van der Waals surface area contributed by atoms with Crippen molar-refractivity contribution in [1.82, 2.24) is 0 Å². The minimum atomic E-state index is -5.09. The normalized spacial score (nSPS) is 11.9. The number of anilines is 1. The third kappa shape index (κ3) is 7.75. The van der Waals surface area contributed by atoms with Crippen molar-refractivity contribution < 1.29 is 36.0 Å². The second kappa shape index (κ2) is 13.6. The molecule has 0 amide bonds. The fourth-order valence-electron chi connectivity index (χ4n) is 3.57. The minimum absolute atomic E-state index is 0. The fraction of sp³-hybridized carbons (Fsp3) is 0.0435. The van der Waals surface area contributed by atoms with Gasteiger partial charge in [0.1, 0.15) is 21.2 Å². The molecule has 0 saturated carbocycles. The van der Waals surface area contributed by atoms with E-state index < -0.39 is 57.8 Å². The number of nitro groups is 1. The van der Waals surface area contributed by atoms with Crippen LogP contribution in [0.1, 0.15) is 5.56 Å². The molecule has 0 aromatic heterocycles. The number of nitrogen functional groups attached to an aromatic ring is 1. The third-order valence-corrected chi connectivity index (χ3v) is 7.23. The summed E-state index contributed by atoms with van der Waals surface area (Å²) in [5.41, 5.74) is 5.27. The van der Waals surface area contributed by atoms with Crippen LogP contribution in [0.5, 0.6) is 5.75 Å². The molecule has 5 N–H and O–H groups in total. The molecule has 42 heavy (non-hydrogen) atoms. The molecular weight excluding hydrogens is 614 g/mol. The van der Waals surface area contributed by atoms with Gasteiger partial charge in [-0.3, -0.25) is 19.2 Å². The topological polar surface area (TPSA) is 248 Å². The number of phenols is 1. The number of aryl methyl sites for hydroxylation is 1. The monoisotopic (exact) mass is 632 g/mol. The van der Waals surface area contributed by atoms with Gasteiger partial charge in [-0.1, -0.05) is 17.7 Å². The van der Waals surface area contributed by atoms with E-state index in [1.165, 1.54) is 12.1 Å². The standard InChI is InChI=1S/C23H18N6O9S2.2Na/c1-12-2-4-14(5-3-12)25-27-21-17(39(33,34)35)10-13-11-18(40(36,37)38)22(23(30)19(13)20(21)24)28-26-15-6-8-16(9-7-15)29(31)32;;/h2-11,30H,24H2,1H3,(H,33,34,35)(H,36,37,38);;. The zero-order valence-electron chi connectivity index (χ0n) is 22.2. The van der Waals surface area contributed by atoms with Gasteiger partial charge in [-0.2, -0.15) is 27.1 Å². The molecule has 4 rings (SSSR count). The van der Waals surface area contributed by atoms with Crippen molar-refractivity contribution in [2.45, 2.75) is 16.7 Å². The largest absolute Gasteiger partial charge is 0.505 e. The minimum Gasteiger partial charge on any atom is -0.505 e. The van der Waals surface area contributed by atoms with E-state index in [9.17, 15) is 41.2 Å². The summed E-state index contributed by atoms with van der Waals surface area (Å²) in [6, 6.07) is 12.8. The SMILES string of the molecule is Cc1ccc(N=Nc2c(S(=O)(=O)O)cc3cc(S(=O)(=O)O)c(N=Nc4ccc([N+](=O)[O-])cc4)c(O)c3c2N)cc1.[Na].[Na]. The number of aromatic hydroxyl groups is 1. The summed E-state index contributed by atoms with van der Waals surface area (Å²) in [4.78, 5) is 8.37. The summed E-state index contributed by atoms with van der Waals surface area (Å²) < 4.78 is 68.2. The predicted octanol–water partition coefficient (Wildman–Crippen LogP) is 4.91. The van der Waals surface area contributed by atoms with E-state index in [-0.39, 0.29) is 81.3 Å². The van der Waals surface area contributed by atoms with Gasteiger partial charge in [0.2, 0.25) is 0 Å². The van der Waals surface area contributed by atoms with E-state index in [1.807, 2.05) is 6.92 Å². The number of nitro benzene ring substituents is 1. The number of non-ortho nitro benzene ring substituents is 1. The number of hydrogen-bond donors (Lipinski definition) is 4. The maximum absolute atomic E-state index is 12.2. The molecule has 0 atom stereocenters. The maximum Gasteiger partial charge on any atom is 0.296 e. The summed E-state index contributed by atoms with van der Waals surface area (Å²) in [7, 11) is -10.1. The van der Waals surface area contributed by atoms with E-state index >= 15 is 0 Å². The molecule has 0 aliphatic heterocycles. The summed E-state index contributed by atoms with van der Waals surface area (Å²) in [5, 5.41) is 36.4. The first kappa shape index (κ1) is 35.4. The van der Waals surface area contributed by atoms with E-state index in [4.69, 9.17) is 5.73 Å². The molecule has 0 spiro atoms. The molecule has 208 valence electrons. The van der Waals surface area contributed by atoms with Gasteiger partial charge < -0.3 is 10.8 Å². The van der Waals surface area contributed by atoms with Crippen LogP contribution in [0.25, 0.3) is 10.8 Å². The molecule has 0 fully saturated rings. The number of benzene rings is 4. The van der Waals surface area contributed by atoms with Gasteiger partial charge in [0.15, 0.2) is 5.75 Å². The summed E-state index contributed by atoms with van der Waals surface area (Å²) in [6.07, 6.45) is 0. The molecule has 15 nitrogen and oxygen atoms in total. The Bertz CT molecular complexity index is 1950. The van der Waals surface area contributed by atoms with E-state index in [0.29, 0.717) is 5.69 Å². The number of nitrogens with two attached hydrogens (primary N) is 1. The van der Waals surface area contributed by atoms with Gasteiger partial charge in [0, 0.05) is 71.2 Å². The predicted molar refractivity (Wildman–Crippen MR) is 154 cm³/mol. The molecule has 0 aliphatic carbocycles. The molecule has 0 saturated heterocycles. The molecule has 2 radical (unpaired) electrons. The Balaban J connectivity index is 0.00000308. The fourth-order valence-corrected chi connectivity index (χ4v) is 4.90. The Morgan fingerprint density at radius 2 is 1.19 bits per heavy atom. The van der Waals surface area contributed by atoms with Crippen LogP contribution in [0.2, 0.25) is 0 Å². The number of rotatable bonds is 7. The second-order valence-corrected chi connectivity index (χ2v) is 11.0. The van der Waals surface area contributed by atoms with Crippen molar-refractivity contribution in [2.75, 3.05) is 5.73 Å². The zero-order chi connectivity index (χ0) is 29.4. The van der Waals surface area contributed by atoms with Crippen LogP contribution in [-0.2, 0) is 20.2 Å². The Kier molecular flexibility index (Phi) is 11.5. The summed E-state index contributed by atoms with van der Waals surface area (Å²) in [6.45, 7) is 1.83. The quantitative estimate of drug-likeness (QED) is 0.0535. The smallest absolute Gasteiger partial charge is 0.296 e. The molecule has 0 bridgehead atoms. The molecule has 4 aromatic rings. The molecule has 0 unspecified atom stereocenters. The van der Waals surface area contributed by atoms with E-state index in [2.05, 4.69) is 20.5 Å². The van der Waals surface area contributed by atoms with Crippen LogP contribution >= 0.6 is 0 Å². The number of fused-ring (bicyclic) bond motifs is 1.